The number of rotatable bonds is 17. The van der Waals surface area contributed by atoms with Crippen LogP contribution in [0.4, 0.5) is 0 Å². The van der Waals surface area contributed by atoms with Crippen molar-refractivity contribution in [3.8, 4) is 0 Å². The lowest BCUT2D eigenvalue weighted by molar-refractivity contribution is -0.157. The minimum Gasteiger partial charge on any atom is -0.394 e. The predicted octanol–water partition coefficient (Wildman–Crippen LogP) is 3.02. The number of hydrogen-bond donors (Lipinski definition) is 6. The summed E-state index contributed by atoms with van der Waals surface area (Å²) in [5.41, 5.74) is 0. The summed E-state index contributed by atoms with van der Waals surface area (Å²) in [6, 6.07) is -14.4. The van der Waals surface area contributed by atoms with Crippen LogP contribution < -0.4 is 21.3 Å². The van der Waals surface area contributed by atoms with E-state index in [0.717, 1.165) is 14.7 Å². The van der Waals surface area contributed by atoms with Crippen LogP contribution in [0.5, 0.6) is 0 Å². The summed E-state index contributed by atoms with van der Waals surface area (Å²) in [7, 11) is 9.68. The van der Waals surface area contributed by atoms with Gasteiger partial charge in [0, 0.05) is 49.3 Å². The maximum absolute atomic E-state index is 15.2. The summed E-state index contributed by atoms with van der Waals surface area (Å²) >= 11 is 0. The molecule has 1 heterocycles. The minimum absolute atomic E-state index is 0.00715. The molecule has 0 radical (unpaired) electrons. The van der Waals surface area contributed by atoms with Gasteiger partial charge in [0.2, 0.25) is 65.0 Å². The first-order valence-corrected chi connectivity index (χ1v) is 31.7. The molecule has 88 heavy (non-hydrogen) atoms. The van der Waals surface area contributed by atoms with Crippen LogP contribution in [-0.2, 0) is 52.7 Å². The van der Waals surface area contributed by atoms with Gasteiger partial charge < -0.3 is 65.8 Å². The first kappa shape index (κ1) is 79.8. The number of amides is 11. The summed E-state index contributed by atoms with van der Waals surface area (Å²) in [4.78, 5) is 170. The van der Waals surface area contributed by atoms with Crippen LogP contribution in [-0.4, -0.2) is 238 Å². The van der Waals surface area contributed by atoms with Crippen molar-refractivity contribution in [1.29, 1.82) is 0 Å². The zero-order valence-electron chi connectivity index (χ0n) is 57.8. The van der Waals surface area contributed by atoms with Gasteiger partial charge in [0.1, 0.15) is 66.5 Å². The molecule has 0 aromatic heterocycles. The number of hydrogen-bond acceptors (Lipinski definition) is 13. The Bertz CT molecular complexity index is 2400. The molecule has 0 spiro atoms. The van der Waals surface area contributed by atoms with E-state index in [-0.39, 0.29) is 62.2 Å². The lowest BCUT2D eigenvalue weighted by atomic mass is 9.91. The number of nitrogens with one attached hydrogen (secondary N) is 4. The largest absolute Gasteiger partial charge is 0.394 e. The third kappa shape index (κ3) is 21.8. The smallest absolute Gasteiger partial charge is 0.248 e. The number of aliphatic hydroxyl groups excluding tert-OH is 2. The molecule has 0 saturated carbocycles. The Balaban J connectivity index is 4.45. The topological polar surface area (TPSA) is 299 Å². The molecule has 1 rings (SSSR count). The summed E-state index contributed by atoms with van der Waals surface area (Å²) in [5, 5.41) is 34.1. The zero-order chi connectivity index (χ0) is 68.3. The fourth-order valence-corrected chi connectivity index (χ4v) is 11.2. The minimum atomic E-state index is -1.67. The van der Waals surface area contributed by atoms with E-state index < -0.39 is 162 Å². The van der Waals surface area contributed by atoms with Gasteiger partial charge in [0.25, 0.3) is 0 Å². The van der Waals surface area contributed by atoms with Gasteiger partial charge in [0.15, 0.2) is 0 Å². The van der Waals surface area contributed by atoms with Gasteiger partial charge in [-0.15, -0.1) is 0 Å². The van der Waals surface area contributed by atoms with Gasteiger partial charge in [-0.2, -0.15) is 0 Å². The van der Waals surface area contributed by atoms with E-state index in [9.17, 15) is 48.6 Å². The predicted molar refractivity (Wildman–Crippen MR) is 339 cm³/mol. The van der Waals surface area contributed by atoms with Crippen LogP contribution >= 0.6 is 0 Å². The fourth-order valence-electron chi connectivity index (χ4n) is 11.2. The second kappa shape index (κ2) is 36.5. The molecule has 504 valence electrons. The molecule has 1 aliphatic rings. The lowest BCUT2D eigenvalue weighted by Crippen LogP contribution is -2.64. The lowest BCUT2D eigenvalue weighted by Gasteiger charge is -2.41. The molecular formula is C64H115N11O13. The Morgan fingerprint density at radius 1 is 0.432 bits per heavy atom. The summed E-state index contributed by atoms with van der Waals surface area (Å²) < 4.78 is 0. The van der Waals surface area contributed by atoms with Gasteiger partial charge in [-0.1, -0.05) is 116 Å². The van der Waals surface area contributed by atoms with Gasteiger partial charge in [0.05, 0.1) is 12.7 Å². The van der Waals surface area contributed by atoms with Crippen molar-refractivity contribution in [2.75, 3.05) is 55.9 Å². The molecule has 0 aromatic rings. The molecule has 0 aliphatic carbocycles. The molecule has 11 amide bonds. The molecular weight excluding hydrogens is 1130 g/mol. The summed E-state index contributed by atoms with van der Waals surface area (Å²) in [5.74, 6) is -10.5. The summed E-state index contributed by atoms with van der Waals surface area (Å²) in [6.45, 7) is 28.8. The van der Waals surface area contributed by atoms with E-state index in [4.69, 9.17) is 0 Å². The third-order valence-corrected chi connectivity index (χ3v) is 16.7. The highest BCUT2D eigenvalue weighted by atomic mass is 16.3. The third-order valence-electron chi connectivity index (χ3n) is 16.7. The maximum atomic E-state index is 15.2. The second-order valence-electron chi connectivity index (χ2n) is 26.9. The van der Waals surface area contributed by atoms with Crippen LogP contribution in [0.3, 0.4) is 0 Å². The van der Waals surface area contributed by atoms with Crippen molar-refractivity contribution in [3.05, 3.63) is 12.2 Å². The van der Waals surface area contributed by atoms with Crippen molar-refractivity contribution in [3.63, 3.8) is 0 Å². The second-order valence-corrected chi connectivity index (χ2v) is 26.9. The Morgan fingerprint density at radius 2 is 0.818 bits per heavy atom. The monoisotopic (exact) mass is 1250 g/mol. The van der Waals surface area contributed by atoms with Gasteiger partial charge in [-0.25, -0.2) is 0 Å². The molecule has 0 aromatic carbocycles. The van der Waals surface area contributed by atoms with Crippen LogP contribution in [0.1, 0.15) is 163 Å². The quantitative estimate of drug-likeness (QED) is 0.114. The molecule has 1 saturated heterocycles. The highest BCUT2D eigenvalue weighted by Crippen LogP contribution is 2.26. The Labute approximate surface area is 526 Å². The van der Waals surface area contributed by atoms with Crippen LogP contribution in [0.15, 0.2) is 12.2 Å². The zero-order valence-corrected chi connectivity index (χ0v) is 57.8. The molecule has 6 N–H and O–H groups in total. The van der Waals surface area contributed by atoms with Gasteiger partial charge in [-0.05, 0) is 101 Å². The van der Waals surface area contributed by atoms with Crippen molar-refractivity contribution >= 4 is 65.0 Å². The van der Waals surface area contributed by atoms with Crippen LogP contribution in [0.25, 0.3) is 0 Å². The molecule has 0 bridgehead atoms. The van der Waals surface area contributed by atoms with Crippen molar-refractivity contribution in [2.24, 2.45) is 41.4 Å². The average molecular weight is 1250 g/mol. The number of allylic oxidation sites excluding steroid dienone is 2. The number of aliphatic hydroxyl groups is 2. The van der Waals surface area contributed by atoms with Crippen molar-refractivity contribution in [2.45, 2.75) is 235 Å². The molecule has 1 fully saturated rings. The van der Waals surface area contributed by atoms with E-state index in [1.807, 2.05) is 55.4 Å². The van der Waals surface area contributed by atoms with E-state index in [0.29, 0.717) is 6.42 Å². The Hall–Kier alpha value is -6.17. The van der Waals surface area contributed by atoms with E-state index in [2.05, 4.69) is 21.3 Å². The number of nitrogens with zero attached hydrogens (tertiary/aromatic N) is 7. The van der Waals surface area contributed by atoms with Crippen molar-refractivity contribution < 1.29 is 63.0 Å². The molecule has 1 aliphatic heterocycles. The molecule has 13 atom stereocenters. The number of likely N-dealkylation sites (N-methyl/N-ethyl adjacent to an activating group) is 7. The van der Waals surface area contributed by atoms with E-state index >= 15 is 14.4 Å². The molecule has 24 nitrogen and oxygen atoms in total. The van der Waals surface area contributed by atoms with E-state index in [1.54, 1.807) is 60.6 Å². The van der Waals surface area contributed by atoms with Gasteiger partial charge >= 0.3 is 0 Å². The molecule has 24 heteroatoms. The maximum Gasteiger partial charge on any atom is 0.248 e. The number of carbonyl (C=O) groups excluding carboxylic acids is 11. The normalized spacial score (nSPS) is 27.2. The highest BCUT2D eigenvalue weighted by Gasteiger charge is 2.46. The van der Waals surface area contributed by atoms with Crippen LogP contribution in [0, 0.1) is 41.4 Å². The summed E-state index contributed by atoms with van der Waals surface area (Å²) in [6.07, 6.45) is 3.11. The molecule has 0 unspecified atom stereocenters. The van der Waals surface area contributed by atoms with Gasteiger partial charge in [-0.3, -0.25) is 52.7 Å². The van der Waals surface area contributed by atoms with E-state index in [1.165, 1.54) is 82.8 Å². The number of carbonyl (C=O) groups is 11. The average Bonchev–Trinajstić information content (AvgIpc) is 2.76. The first-order valence-electron chi connectivity index (χ1n) is 31.7. The fraction of sp³-hybridized carbons (Fsp3) is 0.797. The Morgan fingerprint density at radius 3 is 1.25 bits per heavy atom. The SMILES string of the molecule is C/C=C/C[C@@H](C)[C@@H](O)[C@H]1C(=O)N[C@@H](CCC)C(=O)N(C)[C@H](CO)C(=O)N(C)[C@@H](CC(C)C)C(=O)N[C@H](C(C)C)C(=O)N(C)[C@H](CC(C)C)C(=O)N[C@H](C)C(=O)N[C@@H](C)C(=O)N(C)[C@@H](CC(C)C)C(=O)N(C)[C@@H](CC(C)C)C(=O)N(C)[C@@H](C(C)C)C(=O)N1C. The highest BCUT2D eigenvalue weighted by molar-refractivity contribution is 6.00. The van der Waals surface area contributed by atoms with Crippen molar-refractivity contribution in [1.82, 2.24) is 55.6 Å². The standard InChI is InChI=1S/C64H115N11O13/c1-25-27-29-41(15)53(77)52-57(81)67-44(28-26-2)59(83)73(22)49(34-76)62(86)69(18)46(31-36(5)6)56(80)68-50(39(11)12)63(87)70(19)45(30-35(3)4)55(79)65-42(16)54(78)66-43(17)58(82)71(20)47(32-37(7)8)60(84)72(21)48(33-38(9)10)61(85)74(23)51(40(13)14)64(88)75(52)24/h25,27,35-53,76-77H,26,28-34H2,1-24H3,(H,65,79)(H,66,78)(H,67,81)(H,68,80)/b27-25+/t41-,42-,43+,44+,45-,46+,47+,48+,49-,50-,51+,52+,53-/m1/s1. The van der Waals surface area contributed by atoms with Crippen LogP contribution in [0.2, 0.25) is 0 Å². The Kier molecular flexibility index (Phi) is 33.1. The first-order chi connectivity index (χ1) is 40.7.